The van der Waals surface area contributed by atoms with Gasteiger partial charge in [0, 0.05) is 26.6 Å². The fraction of sp³-hybridized carbons (Fsp3) is 0.765. The molecule has 8 heteroatoms. The topological polar surface area (TPSA) is 99.8 Å². The second-order valence-corrected chi connectivity index (χ2v) is 7.79. The van der Waals surface area contributed by atoms with Gasteiger partial charge in [-0.25, -0.2) is 4.63 Å². The smallest absolute Gasteiger partial charge is 0.228 e. The number of aryl methyl sites for hydroxylation is 1. The Bertz CT molecular complexity index is 665. The maximum Gasteiger partial charge on any atom is 0.228 e. The van der Waals surface area contributed by atoms with Gasteiger partial charge < -0.3 is 14.9 Å². The summed E-state index contributed by atoms with van der Waals surface area (Å²) in [6.45, 7) is 7.23. The minimum absolute atomic E-state index is 0.000869. The summed E-state index contributed by atoms with van der Waals surface area (Å²) in [5.74, 6) is 0.0286. The Morgan fingerprint density at radius 2 is 1.96 bits per heavy atom. The van der Waals surface area contributed by atoms with Gasteiger partial charge >= 0.3 is 0 Å². The van der Waals surface area contributed by atoms with Crippen LogP contribution in [-0.4, -0.2) is 68.8 Å². The monoisotopic (exact) mass is 350 g/mol. The fourth-order valence-electron chi connectivity index (χ4n) is 4.35. The third kappa shape index (κ3) is 3.27. The van der Waals surface area contributed by atoms with Crippen LogP contribution in [0.5, 0.6) is 0 Å². The number of aliphatic hydroxyl groups is 1. The van der Waals surface area contributed by atoms with E-state index in [0.29, 0.717) is 31.0 Å². The summed E-state index contributed by atoms with van der Waals surface area (Å²) >= 11 is 0. The number of rotatable bonds is 3. The number of nitrogens with zero attached hydrogens (tertiary/aromatic N) is 4. The minimum atomic E-state index is -0.499. The first-order chi connectivity index (χ1) is 11.8. The third-order valence-corrected chi connectivity index (χ3v) is 5.86. The van der Waals surface area contributed by atoms with Crippen molar-refractivity contribution in [2.45, 2.75) is 52.0 Å². The van der Waals surface area contributed by atoms with Gasteiger partial charge in [-0.05, 0) is 38.5 Å². The zero-order valence-electron chi connectivity index (χ0n) is 15.1. The Balaban J connectivity index is 1.63. The summed E-state index contributed by atoms with van der Waals surface area (Å²) in [4.78, 5) is 28.1. The molecule has 2 aliphatic rings. The molecule has 3 heterocycles. The predicted molar refractivity (Wildman–Crippen MR) is 88.5 cm³/mol. The van der Waals surface area contributed by atoms with Crippen LogP contribution in [0.25, 0.3) is 0 Å². The van der Waals surface area contributed by atoms with Gasteiger partial charge in [0.1, 0.15) is 11.4 Å². The Morgan fingerprint density at radius 1 is 1.28 bits per heavy atom. The normalized spacial score (nSPS) is 25.6. The number of amides is 2. The Hall–Kier alpha value is -1.96. The second kappa shape index (κ2) is 6.40. The molecule has 25 heavy (non-hydrogen) atoms. The SMILES string of the molecule is CC(=O)N1CC2(CCN(C(=O)Cc3nonc3C)CC2)C[C@@]1(C)CO. The summed E-state index contributed by atoms with van der Waals surface area (Å²) in [7, 11) is 0. The zero-order chi connectivity index (χ0) is 18.2. The molecular weight excluding hydrogens is 324 g/mol. The number of aliphatic hydroxyl groups excluding tert-OH is 1. The van der Waals surface area contributed by atoms with Crippen LogP contribution in [0.1, 0.15) is 44.5 Å². The molecule has 0 unspecified atom stereocenters. The molecule has 0 radical (unpaired) electrons. The Labute approximate surface area is 147 Å². The number of hydrogen-bond acceptors (Lipinski definition) is 6. The van der Waals surface area contributed by atoms with Gasteiger partial charge in [0.05, 0.1) is 18.6 Å². The van der Waals surface area contributed by atoms with Gasteiger partial charge in [0.2, 0.25) is 11.8 Å². The number of carbonyl (C=O) groups is 2. The summed E-state index contributed by atoms with van der Waals surface area (Å²) in [6, 6.07) is 0. The number of likely N-dealkylation sites (tertiary alicyclic amines) is 2. The summed E-state index contributed by atoms with van der Waals surface area (Å²) < 4.78 is 4.65. The van der Waals surface area contributed by atoms with Crippen LogP contribution in [0.15, 0.2) is 4.63 Å². The molecule has 0 bridgehead atoms. The van der Waals surface area contributed by atoms with Crippen molar-refractivity contribution in [2.24, 2.45) is 5.41 Å². The second-order valence-electron chi connectivity index (χ2n) is 7.79. The van der Waals surface area contributed by atoms with Gasteiger partial charge in [-0.15, -0.1) is 0 Å². The van der Waals surface area contributed by atoms with Crippen molar-refractivity contribution in [3.05, 3.63) is 11.4 Å². The van der Waals surface area contributed by atoms with Crippen molar-refractivity contribution in [1.82, 2.24) is 20.1 Å². The van der Waals surface area contributed by atoms with Crippen LogP contribution < -0.4 is 0 Å². The van der Waals surface area contributed by atoms with Crippen molar-refractivity contribution >= 4 is 11.8 Å². The quantitative estimate of drug-likeness (QED) is 0.854. The Kier molecular flexibility index (Phi) is 4.57. The van der Waals surface area contributed by atoms with Crippen molar-refractivity contribution in [1.29, 1.82) is 0 Å². The molecule has 3 rings (SSSR count). The lowest BCUT2D eigenvalue weighted by Gasteiger charge is -2.39. The zero-order valence-corrected chi connectivity index (χ0v) is 15.1. The molecule has 0 aliphatic carbocycles. The van der Waals surface area contributed by atoms with Crippen LogP contribution in [0.3, 0.4) is 0 Å². The van der Waals surface area contributed by atoms with Gasteiger partial charge in [0.15, 0.2) is 0 Å². The molecule has 1 spiro atoms. The summed E-state index contributed by atoms with van der Waals surface area (Å²) in [6.07, 6.45) is 2.67. The van der Waals surface area contributed by atoms with E-state index in [1.807, 2.05) is 11.8 Å². The first-order valence-corrected chi connectivity index (χ1v) is 8.73. The van der Waals surface area contributed by atoms with Crippen molar-refractivity contribution in [3.8, 4) is 0 Å². The van der Waals surface area contributed by atoms with Crippen LogP contribution in [-0.2, 0) is 16.0 Å². The van der Waals surface area contributed by atoms with Gasteiger partial charge in [-0.2, -0.15) is 0 Å². The number of piperidine rings is 1. The molecule has 1 aromatic heterocycles. The van der Waals surface area contributed by atoms with E-state index in [2.05, 4.69) is 14.9 Å². The van der Waals surface area contributed by atoms with Crippen molar-refractivity contribution in [2.75, 3.05) is 26.2 Å². The van der Waals surface area contributed by atoms with Gasteiger partial charge in [0.25, 0.3) is 0 Å². The van der Waals surface area contributed by atoms with Gasteiger partial charge in [-0.1, -0.05) is 10.3 Å². The maximum atomic E-state index is 12.5. The van der Waals surface area contributed by atoms with Gasteiger partial charge in [-0.3, -0.25) is 9.59 Å². The fourth-order valence-corrected chi connectivity index (χ4v) is 4.35. The molecule has 2 fully saturated rings. The van der Waals surface area contributed by atoms with E-state index in [4.69, 9.17) is 0 Å². The Morgan fingerprint density at radius 3 is 2.44 bits per heavy atom. The first kappa shape index (κ1) is 17.8. The van der Waals surface area contributed by atoms with E-state index in [1.165, 1.54) is 0 Å². The number of aromatic nitrogens is 2. The van der Waals surface area contributed by atoms with E-state index in [9.17, 15) is 14.7 Å². The average molecular weight is 350 g/mol. The highest BCUT2D eigenvalue weighted by Crippen LogP contribution is 2.47. The van der Waals surface area contributed by atoms with E-state index in [-0.39, 0.29) is 30.3 Å². The third-order valence-electron chi connectivity index (χ3n) is 5.86. The highest BCUT2D eigenvalue weighted by Gasteiger charge is 2.52. The summed E-state index contributed by atoms with van der Waals surface area (Å²) in [5.41, 5.74) is 0.725. The van der Waals surface area contributed by atoms with E-state index >= 15 is 0 Å². The molecule has 1 atom stereocenters. The lowest BCUT2D eigenvalue weighted by Crippen LogP contribution is -2.46. The molecular formula is C17H26N4O4. The molecule has 2 saturated heterocycles. The van der Waals surface area contributed by atoms with Crippen LogP contribution in [0.2, 0.25) is 0 Å². The lowest BCUT2D eigenvalue weighted by atomic mass is 9.74. The van der Waals surface area contributed by atoms with Crippen molar-refractivity contribution in [3.63, 3.8) is 0 Å². The van der Waals surface area contributed by atoms with Crippen LogP contribution >= 0.6 is 0 Å². The number of carbonyl (C=O) groups excluding carboxylic acids is 2. The summed E-state index contributed by atoms with van der Waals surface area (Å²) in [5, 5.41) is 17.3. The van der Waals surface area contributed by atoms with Crippen LogP contribution in [0, 0.1) is 12.3 Å². The van der Waals surface area contributed by atoms with E-state index in [0.717, 1.165) is 19.3 Å². The maximum absolute atomic E-state index is 12.5. The van der Waals surface area contributed by atoms with E-state index < -0.39 is 5.54 Å². The largest absolute Gasteiger partial charge is 0.394 e. The molecule has 2 aliphatic heterocycles. The molecule has 0 aromatic carbocycles. The molecule has 2 amide bonds. The predicted octanol–water partition coefficient (Wildman–Crippen LogP) is 0.533. The molecule has 138 valence electrons. The molecule has 1 N–H and O–H groups in total. The standard InChI is InChI=1S/C17H26N4O4/c1-12-14(19-25-18-12)8-15(24)20-6-4-17(5-7-20)9-16(3,11-22)21(10-17)13(2)23/h22H,4-11H2,1-3H3/t16-/m0/s1. The highest BCUT2D eigenvalue weighted by molar-refractivity contribution is 5.78. The van der Waals surface area contributed by atoms with Crippen LogP contribution in [0.4, 0.5) is 0 Å². The van der Waals surface area contributed by atoms with Crippen molar-refractivity contribution < 1.29 is 19.3 Å². The molecule has 0 saturated carbocycles. The average Bonchev–Trinajstić information content (AvgIpc) is 3.10. The minimum Gasteiger partial charge on any atom is -0.394 e. The van der Waals surface area contributed by atoms with E-state index in [1.54, 1.807) is 18.7 Å². The highest BCUT2D eigenvalue weighted by atomic mass is 16.6. The molecule has 1 aromatic rings. The lowest BCUT2D eigenvalue weighted by molar-refractivity contribution is -0.135. The first-order valence-electron chi connectivity index (χ1n) is 8.73. The molecule has 8 nitrogen and oxygen atoms in total. The number of hydrogen-bond donors (Lipinski definition) is 1.